The van der Waals surface area contributed by atoms with Gasteiger partial charge in [0.25, 0.3) is 5.91 Å². The second kappa shape index (κ2) is 5.91. The maximum absolute atomic E-state index is 12.1. The minimum absolute atomic E-state index is 0.0114. The lowest BCUT2D eigenvalue weighted by Gasteiger charge is -2.08. The molecular formula is C14H15ClN2O2. The molecule has 100 valence electrons. The van der Waals surface area contributed by atoms with Crippen LogP contribution in [0.15, 0.2) is 36.5 Å². The van der Waals surface area contributed by atoms with E-state index in [1.807, 2.05) is 6.92 Å². The Balaban J connectivity index is 2.15. The molecule has 0 aliphatic carbocycles. The molecule has 2 N–H and O–H groups in total. The van der Waals surface area contributed by atoms with Crippen LogP contribution in [-0.2, 0) is 13.2 Å². The molecule has 0 fully saturated rings. The summed E-state index contributed by atoms with van der Waals surface area (Å²) in [7, 11) is 0. The molecule has 0 spiro atoms. The molecule has 2 aromatic rings. The van der Waals surface area contributed by atoms with Crippen molar-refractivity contribution in [3.8, 4) is 0 Å². The second-order valence-electron chi connectivity index (χ2n) is 4.14. The molecule has 0 saturated heterocycles. The summed E-state index contributed by atoms with van der Waals surface area (Å²) in [6.45, 7) is 2.62. The van der Waals surface area contributed by atoms with Gasteiger partial charge in [0.05, 0.1) is 11.6 Å². The number of aryl methyl sites for hydroxylation is 1. The van der Waals surface area contributed by atoms with Gasteiger partial charge in [-0.3, -0.25) is 4.79 Å². The van der Waals surface area contributed by atoms with E-state index < -0.39 is 0 Å². The largest absolute Gasteiger partial charge is 0.392 e. The first-order valence-corrected chi connectivity index (χ1v) is 6.38. The van der Waals surface area contributed by atoms with Gasteiger partial charge in [-0.1, -0.05) is 23.7 Å². The molecule has 1 aromatic carbocycles. The van der Waals surface area contributed by atoms with Gasteiger partial charge >= 0.3 is 0 Å². The third kappa shape index (κ3) is 3.16. The molecule has 19 heavy (non-hydrogen) atoms. The average Bonchev–Trinajstić information content (AvgIpc) is 2.81. The molecule has 1 heterocycles. The summed E-state index contributed by atoms with van der Waals surface area (Å²) >= 11 is 5.90. The van der Waals surface area contributed by atoms with E-state index in [0.717, 1.165) is 5.56 Å². The lowest BCUT2D eigenvalue weighted by atomic mass is 10.2. The van der Waals surface area contributed by atoms with E-state index in [4.69, 9.17) is 16.7 Å². The van der Waals surface area contributed by atoms with Crippen LogP contribution in [0.2, 0.25) is 5.02 Å². The monoisotopic (exact) mass is 278 g/mol. The summed E-state index contributed by atoms with van der Waals surface area (Å²) in [5.74, 6) is -0.203. The zero-order chi connectivity index (χ0) is 13.8. The van der Waals surface area contributed by atoms with Gasteiger partial charge < -0.3 is 15.0 Å². The molecule has 1 amide bonds. The minimum atomic E-state index is -0.203. The van der Waals surface area contributed by atoms with Crippen molar-refractivity contribution in [3.63, 3.8) is 0 Å². The summed E-state index contributed by atoms with van der Waals surface area (Å²) in [6.07, 6.45) is 1.73. The van der Waals surface area contributed by atoms with Crippen LogP contribution in [-0.4, -0.2) is 15.6 Å². The number of aromatic nitrogens is 1. The van der Waals surface area contributed by atoms with Crippen molar-refractivity contribution in [1.82, 2.24) is 4.57 Å². The molecule has 0 radical (unpaired) electrons. The van der Waals surface area contributed by atoms with Crippen molar-refractivity contribution >= 4 is 23.2 Å². The number of anilines is 1. The first kappa shape index (κ1) is 13.6. The number of amides is 1. The SMILES string of the molecule is CCn1cc(Cl)cc1C(=O)Nc1ccc(CO)cc1. The smallest absolute Gasteiger partial charge is 0.272 e. The maximum atomic E-state index is 12.1. The zero-order valence-corrected chi connectivity index (χ0v) is 11.3. The molecule has 4 nitrogen and oxygen atoms in total. The number of aliphatic hydroxyl groups excluding tert-OH is 1. The number of aliphatic hydroxyl groups is 1. The van der Waals surface area contributed by atoms with Gasteiger partial charge in [-0.2, -0.15) is 0 Å². The Morgan fingerprint density at radius 3 is 2.63 bits per heavy atom. The van der Waals surface area contributed by atoms with Crippen molar-refractivity contribution in [2.45, 2.75) is 20.1 Å². The van der Waals surface area contributed by atoms with Crippen LogP contribution in [0.25, 0.3) is 0 Å². The van der Waals surface area contributed by atoms with Crippen LogP contribution in [0, 0.1) is 0 Å². The number of nitrogens with one attached hydrogen (secondary N) is 1. The number of hydrogen-bond acceptors (Lipinski definition) is 2. The van der Waals surface area contributed by atoms with Crippen LogP contribution in [0.1, 0.15) is 23.0 Å². The third-order valence-corrected chi connectivity index (χ3v) is 3.04. The van der Waals surface area contributed by atoms with Gasteiger partial charge in [0.1, 0.15) is 5.69 Å². The van der Waals surface area contributed by atoms with E-state index >= 15 is 0 Å². The first-order chi connectivity index (χ1) is 9.13. The lowest BCUT2D eigenvalue weighted by Crippen LogP contribution is -2.16. The van der Waals surface area contributed by atoms with Crippen molar-refractivity contribution < 1.29 is 9.90 Å². The number of benzene rings is 1. The van der Waals surface area contributed by atoms with E-state index in [9.17, 15) is 4.79 Å². The number of carbonyl (C=O) groups is 1. The van der Waals surface area contributed by atoms with E-state index in [1.165, 1.54) is 0 Å². The summed E-state index contributed by atoms with van der Waals surface area (Å²) in [6, 6.07) is 8.68. The van der Waals surface area contributed by atoms with E-state index in [1.54, 1.807) is 41.1 Å². The molecule has 0 unspecified atom stereocenters. The number of nitrogens with zero attached hydrogens (tertiary/aromatic N) is 1. The van der Waals surface area contributed by atoms with Gasteiger partial charge in [0, 0.05) is 18.4 Å². The summed E-state index contributed by atoms with van der Waals surface area (Å²) in [4.78, 5) is 12.1. The molecule has 0 saturated carbocycles. The number of halogens is 1. The summed E-state index contributed by atoms with van der Waals surface area (Å²) in [5, 5.41) is 12.3. The van der Waals surface area contributed by atoms with Gasteiger partial charge in [-0.05, 0) is 30.7 Å². The summed E-state index contributed by atoms with van der Waals surface area (Å²) in [5.41, 5.74) is 2.01. The topological polar surface area (TPSA) is 54.3 Å². The lowest BCUT2D eigenvalue weighted by molar-refractivity contribution is 0.101. The standard InChI is InChI=1S/C14H15ClN2O2/c1-2-17-8-11(15)7-13(17)14(19)16-12-5-3-10(9-18)4-6-12/h3-8,18H,2,9H2,1H3,(H,16,19). The predicted octanol–water partition coefficient (Wildman–Crippen LogP) is 2.91. The Morgan fingerprint density at radius 1 is 1.37 bits per heavy atom. The van der Waals surface area contributed by atoms with E-state index in [-0.39, 0.29) is 12.5 Å². The Kier molecular flexibility index (Phi) is 4.24. The highest BCUT2D eigenvalue weighted by atomic mass is 35.5. The average molecular weight is 279 g/mol. The fourth-order valence-electron chi connectivity index (χ4n) is 1.82. The molecule has 1 aromatic heterocycles. The summed E-state index contributed by atoms with van der Waals surface area (Å²) < 4.78 is 1.79. The quantitative estimate of drug-likeness (QED) is 0.903. The van der Waals surface area contributed by atoms with Crippen molar-refractivity contribution in [1.29, 1.82) is 0 Å². The van der Waals surface area contributed by atoms with Crippen LogP contribution in [0.5, 0.6) is 0 Å². The van der Waals surface area contributed by atoms with Crippen molar-refractivity contribution in [2.24, 2.45) is 0 Å². The van der Waals surface area contributed by atoms with Gasteiger partial charge in [-0.25, -0.2) is 0 Å². The zero-order valence-electron chi connectivity index (χ0n) is 10.6. The first-order valence-electron chi connectivity index (χ1n) is 6.01. The van der Waals surface area contributed by atoms with E-state index in [2.05, 4.69) is 5.32 Å². The number of hydrogen-bond donors (Lipinski definition) is 2. The van der Waals surface area contributed by atoms with Gasteiger partial charge in [-0.15, -0.1) is 0 Å². The predicted molar refractivity (Wildman–Crippen MR) is 75.4 cm³/mol. The Bertz CT molecular complexity index is 576. The fraction of sp³-hybridized carbons (Fsp3) is 0.214. The van der Waals surface area contributed by atoms with Gasteiger partial charge in [0.15, 0.2) is 0 Å². The maximum Gasteiger partial charge on any atom is 0.272 e. The number of rotatable bonds is 4. The normalized spacial score (nSPS) is 10.5. The highest BCUT2D eigenvalue weighted by Gasteiger charge is 2.12. The second-order valence-corrected chi connectivity index (χ2v) is 4.58. The third-order valence-electron chi connectivity index (χ3n) is 2.83. The van der Waals surface area contributed by atoms with Crippen LogP contribution < -0.4 is 5.32 Å². The molecule has 0 atom stereocenters. The highest BCUT2D eigenvalue weighted by Crippen LogP contribution is 2.16. The van der Waals surface area contributed by atoms with E-state index in [0.29, 0.717) is 22.9 Å². The fourth-order valence-corrected chi connectivity index (χ4v) is 2.04. The number of carbonyl (C=O) groups excluding carboxylic acids is 1. The van der Waals surface area contributed by atoms with Crippen molar-refractivity contribution in [2.75, 3.05) is 5.32 Å². The molecule has 5 heteroatoms. The molecule has 2 rings (SSSR count). The Morgan fingerprint density at radius 2 is 2.05 bits per heavy atom. The molecule has 0 aliphatic rings. The Labute approximate surface area is 116 Å². The molecular weight excluding hydrogens is 264 g/mol. The molecule has 0 aliphatic heterocycles. The van der Waals surface area contributed by atoms with Crippen LogP contribution >= 0.6 is 11.6 Å². The Hall–Kier alpha value is -1.78. The van der Waals surface area contributed by atoms with Crippen molar-refractivity contribution in [3.05, 3.63) is 52.8 Å². The van der Waals surface area contributed by atoms with Crippen LogP contribution in [0.3, 0.4) is 0 Å². The highest BCUT2D eigenvalue weighted by molar-refractivity contribution is 6.31. The van der Waals surface area contributed by atoms with Crippen LogP contribution in [0.4, 0.5) is 5.69 Å². The minimum Gasteiger partial charge on any atom is -0.392 e. The molecule has 0 bridgehead atoms. The van der Waals surface area contributed by atoms with Gasteiger partial charge in [0.2, 0.25) is 0 Å².